The lowest BCUT2D eigenvalue weighted by atomic mass is 10.4. The Hall–Kier alpha value is -2.71. The topological polar surface area (TPSA) is 115 Å². The summed E-state index contributed by atoms with van der Waals surface area (Å²) in [6.45, 7) is 3.80. The number of nitrogens with one attached hydrogen (secondary N) is 1. The number of hydrogen-bond donors (Lipinski definition) is 2. The van der Waals surface area contributed by atoms with Crippen LogP contribution in [0.25, 0.3) is 0 Å². The van der Waals surface area contributed by atoms with Crippen molar-refractivity contribution in [2.24, 2.45) is 0 Å². The molecule has 2 N–H and O–H groups in total. The summed E-state index contributed by atoms with van der Waals surface area (Å²) < 4.78 is 2.78. The van der Waals surface area contributed by atoms with Crippen LogP contribution in [0.3, 0.4) is 0 Å². The highest BCUT2D eigenvalue weighted by atomic mass is 16.4. The zero-order valence-electron chi connectivity index (χ0n) is 11.7. The van der Waals surface area contributed by atoms with Crippen LogP contribution in [0.5, 0.6) is 0 Å². The molecule has 2 rings (SSSR count). The van der Waals surface area contributed by atoms with Gasteiger partial charge in [-0.25, -0.2) is 9.67 Å². The summed E-state index contributed by atoms with van der Waals surface area (Å²) in [5.74, 6) is -0.775. The maximum atomic E-state index is 12.1. The van der Waals surface area contributed by atoms with Crippen LogP contribution in [-0.2, 0) is 17.9 Å². The summed E-state index contributed by atoms with van der Waals surface area (Å²) in [6.07, 6.45) is 4.68. The van der Waals surface area contributed by atoms with Gasteiger partial charge in [0.1, 0.15) is 12.2 Å². The Kier molecular flexibility index (Phi) is 4.31. The van der Waals surface area contributed by atoms with Crippen molar-refractivity contribution in [3.63, 3.8) is 0 Å². The zero-order valence-corrected chi connectivity index (χ0v) is 11.7. The number of nitrogens with zero attached hydrogens (tertiary/aromatic N) is 5. The molecule has 0 spiro atoms. The largest absolute Gasteiger partial charge is 0.480 e. The fraction of sp³-hybridized carbons (Fsp3) is 0.417. The van der Waals surface area contributed by atoms with Crippen molar-refractivity contribution in [1.82, 2.24) is 24.5 Å². The van der Waals surface area contributed by atoms with Gasteiger partial charge in [0.2, 0.25) is 0 Å². The lowest BCUT2D eigenvalue weighted by Gasteiger charge is -2.10. The first kappa shape index (κ1) is 14.7. The Morgan fingerprint density at radius 3 is 2.90 bits per heavy atom. The van der Waals surface area contributed by atoms with E-state index in [1.807, 2.05) is 13.8 Å². The summed E-state index contributed by atoms with van der Waals surface area (Å²) in [6, 6.07) is 0.0393. The predicted octanol–water partition coefficient (Wildman–Crippen LogP) is 0.112. The Bertz CT molecular complexity index is 690. The van der Waals surface area contributed by atoms with E-state index in [1.54, 1.807) is 17.0 Å². The van der Waals surface area contributed by atoms with Crippen molar-refractivity contribution in [1.29, 1.82) is 0 Å². The van der Waals surface area contributed by atoms with Crippen LogP contribution in [0.4, 0.5) is 5.82 Å². The van der Waals surface area contributed by atoms with Crippen molar-refractivity contribution in [3.8, 4) is 0 Å². The van der Waals surface area contributed by atoms with Gasteiger partial charge in [-0.05, 0) is 13.8 Å². The lowest BCUT2D eigenvalue weighted by Crippen LogP contribution is -2.25. The number of rotatable bonds is 6. The molecule has 0 saturated carbocycles. The minimum atomic E-state index is -0.996. The number of aromatic nitrogens is 5. The van der Waals surface area contributed by atoms with Gasteiger partial charge in [0.05, 0.1) is 12.7 Å². The van der Waals surface area contributed by atoms with E-state index in [0.29, 0.717) is 5.69 Å². The van der Waals surface area contributed by atoms with Crippen molar-refractivity contribution in [2.75, 3.05) is 5.32 Å². The molecule has 0 aliphatic heterocycles. The van der Waals surface area contributed by atoms with Crippen LogP contribution in [0.2, 0.25) is 0 Å². The van der Waals surface area contributed by atoms with E-state index in [4.69, 9.17) is 5.11 Å². The average Bonchev–Trinajstić information content (AvgIpc) is 2.84. The van der Waals surface area contributed by atoms with E-state index in [0.717, 1.165) is 0 Å². The molecule has 0 unspecified atom stereocenters. The fourth-order valence-electron chi connectivity index (χ4n) is 1.76. The smallest absolute Gasteiger partial charge is 0.325 e. The summed E-state index contributed by atoms with van der Waals surface area (Å²) in [7, 11) is 0. The minimum absolute atomic E-state index is 0.0393. The molecule has 0 aliphatic carbocycles. The fourth-order valence-corrected chi connectivity index (χ4v) is 1.76. The Balaban J connectivity index is 2.06. The van der Waals surface area contributed by atoms with E-state index in [2.05, 4.69) is 20.6 Å². The second kappa shape index (κ2) is 6.16. The van der Waals surface area contributed by atoms with Gasteiger partial charge in [-0.3, -0.25) is 9.59 Å². The molecule has 0 aromatic carbocycles. The van der Waals surface area contributed by atoms with Gasteiger partial charge in [0.15, 0.2) is 5.82 Å². The Morgan fingerprint density at radius 2 is 2.24 bits per heavy atom. The lowest BCUT2D eigenvalue weighted by molar-refractivity contribution is -0.137. The first-order valence-electron chi connectivity index (χ1n) is 6.39. The standard InChI is InChI=1S/C12H16N6O3/c1-8(2)18-4-3-13-11(12(18)21)14-5-9-6-17(16-15-9)7-10(19)20/h3-4,6,8H,5,7H2,1-2H3,(H,13,14)(H,19,20). The van der Waals surface area contributed by atoms with Crippen LogP contribution in [0.15, 0.2) is 23.4 Å². The molecule has 0 bridgehead atoms. The maximum Gasteiger partial charge on any atom is 0.325 e. The third-order valence-electron chi connectivity index (χ3n) is 2.74. The van der Waals surface area contributed by atoms with Crippen LogP contribution in [-0.4, -0.2) is 35.6 Å². The SMILES string of the molecule is CC(C)n1ccnc(NCc2cn(CC(=O)O)nn2)c1=O. The van der Waals surface area contributed by atoms with Gasteiger partial charge in [-0.1, -0.05) is 5.21 Å². The quantitative estimate of drug-likeness (QED) is 0.776. The molecule has 9 heteroatoms. The van der Waals surface area contributed by atoms with Gasteiger partial charge >= 0.3 is 5.97 Å². The van der Waals surface area contributed by atoms with Gasteiger partial charge in [-0.2, -0.15) is 0 Å². The van der Waals surface area contributed by atoms with E-state index < -0.39 is 5.97 Å². The van der Waals surface area contributed by atoms with E-state index in [9.17, 15) is 9.59 Å². The van der Waals surface area contributed by atoms with Crippen LogP contribution in [0.1, 0.15) is 25.6 Å². The molecule has 0 amide bonds. The second-order valence-corrected chi connectivity index (χ2v) is 4.74. The van der Waals surface area contributed by atoms with Crippen molar-refractivity contribution in [2.45, 2.75) is 33.0 Å². The summed E-state index contributed by atoms with van der Waals surface area (Å²) in [4.78, 5) is 26.6. The highest BCUT2D eigenvalue weighted by Gasteiger charge is 2.08. The molecule has 0 saturated heterocycles. The summed E-state index contributed by atoms with van der Waals surface area (Å²) >= 11 is 0. The Morgan fingerprint density at radius 1 is 1.48 bits per heavy atom. The van der Waals surface area contributed by atoms with Crippen molar-refractivity contribution < 1.29 is 9.90 Å². The summed E-state index contributed by atoms with van der Waals surface area (Å²) in [5.41, 5.74) is 0.308. The molecule has 0 fully saturated rings. The molecule has 0 radical (unpaired) electrons. The highest BCUT2D eigenvalue weighted by molar-refractivity contribution is 5.66. The zero-order chi connectivity index (χ0) is 15.4. The van der Waals surface area contributed by atoms with Gasteiger partial charge in [-0.15, -0.1) is 5.10 Å². The first-order chi connectivity index (χ1) is 9.97. The molecule has 2 aromatic heterocycles. The number of carboxylic acids is 1. The van der Waals surface area contributed by atoms with E-state index in [1.165, 1.54) is 10.9 Å². The normalized spacial score (nSPS) is 10.8. The molecule has 2 aromatic rings. The minimum Gasteiger partial charge on any atom is -0.480 e. The van der Waals surface area contributed by atoms with E-state index in [-0.39, 0.29) is 30.5 Å². The third kappa shape index (κ3) is 3.65. The van der Waals surface area contributed by atoms with Gasteiger partial charge in [0, 0.05) is 18.4 Å². The monoisotopic (exact) mass is 292 g/mol. The molecule has 9 nitrogen and oxygen atoms in total. The van der Waals surface area contributed by atoms with Gasteiger partial charge < -0.3 is 15.0 Å². The average molecular weight is 292 g/mol. The number of aliphatic carboxylic acids is 1. The summed E-state index contributed by atoms with van der Waals surface area (Å²) in [5, 5.41) is 19.0. The van der Waals surface area contributed by atoms with Gasteiger partial charge in [0.25, 0.3) is 5.56 Å². The third-order valence-corrected chi connectivity index (χ3v) is 2.74. The van der Waals surface area contributed by atoms with Crippen molar-refractivity contribution in [3.05, 3.63) is 34.6 Å². The second-order valence-electron chi connectivity index (χ2n) is 4.74. The molecular formula is C12H16N6O3. The highest BCUT2D eigenvalue weighted by Crippen LogP contribution is 2.03. The molecular weight excluding hydrogens is 276 g/mol. The molecule has 0 aliphatic rings. The molecule has 112 valence electrons. The molecule has 21 heavy (non-hydrogen) atoms. The number of anilines is 1. The van der Waals surface area contributed by atoms with E-state index >= 15 is 0 Å². The maximum absolute atomic E-state index is 12.1. The number of hydrogen-bond acceptors (Lipinski definition) is 6. The Labute approximate surface area is 120 Å². The van der Waals surface area contributed by atoms with Crippen molar-refractivity contribution >= 4 is 11.8 Å². The predicted molar refractivity (Wildman–Crippen MR) is 73.9 cm³/mol. The molecule has 2 heterocycles. The van der Waals surface area contributed by atoms with Crippen LogP contribution in [0, 0.1) is 0 Å². The number of carboxylic acid groups (broad SMARTS) is 1. The van der Waals surface area contributed by atoms with Crippen LogP contribution >= 0.6 is 0 Å². The molecule has 0 atom stereocenters. The van der Waals surface area contributed by atoms with Crippen LogP contribution < -0.4 is 10.9 Å². The first-order valence-corrected chi connectivity index (χ1v) is 6.39. The number of carbonyl (C=O) groups is 1.